The van der Waals surface area contributed by atoms with E-state index in [4.69, 9.17) is 0 Å². The van der Waals surface area contributed by atoms with Crippen LogP contribution in [0.5, 0.6) is 0 Å². The van der Waals surface area contributed by atoms with Crippen molar-refractivity contribution >= 4 is 16.7 Å². The summed E-state index contributed by atoms with van der Waals surface area (Å²) in [6.45, 7) is 3.65. The summed E-state index contributed by atoms with van der Waals surface area (Å²) in [6.07, 6.45) is 3.52. The highest BCUT2D eigenvalue weighted by molar-refractivity contribution is 5.80. The molecule has 0 spiro atoms. The van der Waals surface area contributed by atoms with E-state index in [1.54, 1.807) is 19.3 Å². The average molecular weight is 218 g/mol. The highest BCUT2D eigenvalue weighted by Crippen LogP contribution is 2.08. The number of hydrogen-bond acceptors (Lipinski definition) is 4. The Bertz CT molecular complexity index is 392. The van der Waals surface area contributed by atoms with E-state index in [1.165, 1.54) is 6.92 Å². The standard InChI is InChI=1S/C8H6N2.C4H8O2/c1-2-4-8-6-10-9-5-7(8)3-1;1-3-6-4(2)5/h1-6H;3H2,1-2H3. The third-order valence-electron chi connectivity index (χ3n) is 1.80. The summed E-state index contributed by atoms with van der Waals surface area (Å²) >= 11 is 0. The number of carbonyl (C=O) groups excluding carboxylic acids is 1. The van der Waals surface area contributed by atoms with Crippen molar-refractivity contribution in [1.29, 1.82) is 0 Å². The van der Waals surface area contributed by atoms with Crippen LogP contribution in [-0.4, -0.2) is 22.8 Å². The van der Waals surface area contributed by atoms with Gasteiger partial charge in [-0.1, -0.05) is 24.3 Å². The lowest BCUT2D eigenvalue weighted by molar-refractivity contribution is -0.140. The molecule has 0 amide bonds. The second-order valence-corrected chi connectivity index (χ2v) is 3.04. The Morgan fingerprint density at radius 3 is 2.00 bits per heavy atom. The van der Waals surface area contributed by atoms with Gasteiger partial charge in [0, 0.05) is 17.7 Å². The molecule has 0 radical (unpaired) electrons. The molecular weight excluding hydrogens is 204 g/mol. The summed E-state index contributed by atoms with van der Waals surface area (Å²) in [6, 6.07) is 8.02. The summed E-state index contributed by atoms with van der Waals surface area (Å²) in [5.41, 5.74) is 0. The van der Waals surface area contributed by atoms with Crippen molar-refractivity contribution in [2.75, 3.05) is 6.61 Å². The number of nitrogens with zero attached hydrogens (tertiary/aromatic N) is 2. The molecule has 84 valence electrons. The minimum atomic E-state index is -0.211. The molecule has 4 heteroatoms. The van der Waals surface area contributed by atoms with Crippen molar-refractivity contribution in [3.05, 3.63) is 36.7 Å². The van der Waals surface area contributed by atoms with Gasteiger partial charge >= 0.3 is 5.97 Å². The van der Waals surface area contributed by atoms with Gasteiger partial charge in [0.05, 0.1) is 19.0 Å². The van der Waals surface area contributed by atoms with Gasteiger partial charge in [0.25, 0.3) is 0 Å². The van der Waals surface area contributed by atoms with E-state index in [0.717, 1.165) is 10.8 Å². The van der Waals surface area contributed by atoms with Crippen LogP contribution in [0.1, 0.15) is 13.8 Å². The number of ether oxygens (including phenoxy) is 1. The third kappa shape index (κ3) is 4.04. The predicted octanol–water partition coefficient (Wildman–Crippen LogP) is 2.20. The number of aromatic nitrogens is 2. The van der Waals surface area contributed by atoms with Crippen LogP contribution >= 0.6 is 0 Å². The molecule has 0 aliphatic carbocycles. The smallest absolute Gasteiger partial charge is 0.302 e. The van der Waals surface area contributed by atoms with Gasteiger partial charge < -0.3 is 4.74 Å². The fraction of sp³-hybridized carbons (Fsp3) is 0.250. The molecule has 0 aliphatic heterocycles. The maximum Gasteiger partial charge on any atom is 0.302 e. The van der Waals surface area contributed by atoms with Gasteiger partial charge in [0.1, 0.15) is 0 Å². The fourth-order valence-corrected chi connectivity index (χ4v) is 1.14. The summed E-state index contributed by atoms with van der Waals surface area (Å²) in [5, 5.41) is 9.80. The van der Waals surface area contributed by atoms with Crippen molar-refractivity contribution < 1.29 is 9.53 Å². The van der Waals surface area contributed by atoms with E-state index in [9.17, 15) is 4.79 Å². The molecule has 1 aromatic carbocycles. The van der Waals surface area contributed by atoms with E-state index in [1.807, 2.05) is 24.3 Å². The second-order valence-electron chi connectivity index (χ2n) is 3.04. The Morgan fingerprint density at radius 1 is 1.19 bits per heavy atom. The molecule has 4 nitrogen and oxygen atoms in total. The number of hydrogen-bond donors (Lipinski definition) is 0. The molecule has 0 saturated carbocycles. The lowest BCUT2D eigenvalue weighted by Crippen LogP contribution is -1.95. The first-order valence-corrected chi connectivity index (χ1v) is 5.03. The Labute approximate surface area is 94.3 Å². The summed E-state index contributed by atoms with van der Waals surface area (Å²) < 4.78 is 4.40. The molecule has 0 aliphatic rings. The second kappa shape index (κ2) is 6.50. The maximum atomic E-state index is 9.82. The Hall–Kier alpha value is -1.97. The average Bonchev–Trinajstić information content (AvgIpc) is 2.30. The first-order chi connectivity index (χ1) is 7.74. The molecular formula is C12H14N2O2. The lowest BCUT2D eigenvalue weighted by atomic mass is 10.2. The zero-order valence-electron chi connectivity index (χ0n) is 9.38. The normalized spacial score (nSPS) is 9.12. The first kappa shape index (κ1) is 12.1. The van der Waals surface area contributed by atoms with Crippen LogP contribution in [-0.2, 0) is 9.53 Å². The van der Waals surface area contributed by atoms with Crippen LogP contribution in [0.4, 0.5) is 0 Å². The Balaban J connectivity index is 0.000000187. The topological polar surface area (TPSA) is 52.1 Å². The maximum absolute atomic E-state index is 9.82. The summed E-state index contributed by atoms with van der Waals surface area (Å²) in [5.74, 6) is -0.211. The molecule has 0 unspecified atom stereocenters. The number of fused-ring (bicyclic) bond motifs is 1. The zero-order valence-corrected chi connectivity index (χ0v) is 9.38. The molecule has 16 heavy (non-hydrogen) atoms. The van der Waals surface area contributed by atoms with Crippen LogP contribution in [0.15, 0.2) is 36.7 Å². The van der Waals surface area contributed by atoms with Gasteiger partial charge in [0.15, 0.2) is 0 Å². The fourth-order valence-electron chi connectivity index (χ4n) is 1.14. The van der Waals surface area contributed by atoms with Crippen LogP contribution in [0.25, 0.3) is 10.8 Å². The Morgan fingerprint density at radius 2 is 1.69 bits per heavy atom. The zero-order chi connectivity index (χ0) is 11.8. The first-order valence-electron chi connectivity index (χ1n) is 5.03. The van der Waals surface area contributed by atoms with E-state index >= 15 is 0 Å². The lowest BCUT2D eigenvalue weighted by Gasteiger charge is -1.90. The van der Waals surface area contributed by atoms with Crippen molar-refractivity contribution in [3.8, 4) is 0 Å². The van der Waals surface area contributed by atoms with Gasteiger partial charge in [-0.15, -0.1) is 0 Å². The van der Waals surface area contributed by atoms with Crippen molar-refractivity contribution in [2.45, 2.75) is 13.8 Å². The third-order valence-corrected chi connectivity index (χ3v) is 1.80. The molecule has 0 saturated heterocycles. The number of esters is 1. The van der Waals surface area contributed by atoms with E-state index < -0.39 is 0 Å². The Kier molecular flexibility index (Phi) is 4.92. The number of rotatable bonds is 1. The van der Waals surface area contributed by atoms with Crippen LogP contribution in [0, 0.1) is 0 Å². The highest BCUT2D eigenvalue weighted by Gasteiger charge is 1.87. The quantitative estimate of drug-likeness (QED) is 0.688. The SMILES string of the molecule is CCOC(C)=O.c1ccc2cnncc2c1. The molecule has 0 atom stereocenters. The minimum absolute atomic E-state index is 0.211. The molecule has 2 aromatic rings. The summed E-state index contributed by atoms with van der Waals surface area (Å²) in [4.78, 5) is 9.82. The van der Waals surface area contributed by atoms with Gasteiger partial charge in [-0.05, 0) is 6.92 Å². The van der Waals surface area contributed by atoms with Crippen molar-refractivity contribution in [2.24, 2.45) is 0 Å². The minimum Gasteiger partial charge on any atom is -0.466 e. The van der Waals surface area contributed by atoms with Gasteiger partial charge in [-0.3, -0.25) is 4.79 Å². The molecule has 2 rings (SSSR count). The molecule has 0 fully saturated rings. The van der Waals surface area contributed by atoms with Crippen molar-refractivity contribution in [1.82, 2.24) is 10.2 Å². The molecule has 0 N–H and O–H groups in total. The van der Waals surface area contributed by atoms with Crippen LogP contribution in [0.2, 0.25) is 0 Å². The number of carbonyl (C=O) groups is 1. The van der Waals surface area contributed by atoms with Crippen LogP contribution in [0.3, 0.4) is 0 Å². The molecule has 0 bridgehead atoms. The van der Waals surface area contributed by atoms with Gasteiger partial charge in [-0.25, -0.2) is 0 Å². The molecule has 1 heterocycles. The highest BCUT2D eigenvalue weighted by atomic mass is 16.5. The van der Waals surface area contributed by atoms with E-state index in [2.05, 4.69) is 14.9 Å². The van der Waals surface area contributed by atoms with E-state index in [0.29, 0.717) is 6.61 Å². The largest absolute Gasteiger partial charge is 0.466 e. The monoisotopic (exact) mass is 218 g/mol. The van der Waals surface area contributed by atoms with E-state index in [-0.39, 0.29) is 5.97 Å². The van der Waals surface area contributed by atoms with Crippen LogP contribution < -0.4 is 0 Å². The summed E-state index contributed by atoms with van der Waals surface area (Å²) in [7, 11) is 0. The van der Waals surface area contributed by atoms with Crippen molar-refractivity contribution in [3.63, 3.8) is 0 Å². The predicted molar refractivity (Wildman–Crippen MR) is 61.8 cm³/mol. The van der Waals surface area contributed by atoms with Gasteiger partial charge in [0.2, 0.25) is 0 Å². The van der Waals surface area contributed by atoms with Gasteiger partial charge in [-0.2, -0.15) is 10.2 Å². The number of benzene rings is 1. The molecule has 1 aromatic heterocycles.